The number of benzene rings is 1. The fourth-order valence-electron chi connectivity index (χ4n) is 2.60. The van der Waals surface area contributed by atoms with Gasteiger partial charge in [-0.3, -0.25) is 14.2 Å². The van der Waals surface area contributed by atoms with Crippen LogP contribution in [0.4, 0.5) is 0 Å². The van der Waals surface area contributed by atoms with E-state index in [-0.39, 0.29) is 22.1 Å². The maximum atomic E-state index is 12.7. The van der Waals surface area contributed by atoms with Crippen molar-refractivity contribution in [1.82, 2.24) is 4.57 Å². The Hall–Kier alpha value is -3.35. The quantitative estimate of drug-likeness (QED) is 0.586. The summed E-state index contributed by atoms with van der Waals surface area (Å²) in [5, 5.41) is 10.7. The molecule has 0 amide bonds. The van der Waals surface area contributed by atoms with Crippen molar-refractivity contribution in [1.29, 1.82) is 0 Å². The molecule has 122 valence electrons. The van der Waals surface area contributed by atoms with Crippen LogP contribution in [-0.2, 0) is 4.74 Å². The molecule has 24 heavy (non-hydrogen) atoms. The molecule has 0 aliphatic heterocycles. The van der Waals surface area contributed by atoms with Gasteiger partial charge >= 0.3 is 5.97 Å². The number of rotatable bonds is 3. The summed E-state index contributed by atoms with van der Waals surface area (Å²) in [6, 6.07) is 5.80. The third-order valence-corrected chi connectivity index (χ3v) is 3.69. The van der Waals surface area contributed by atoms with Crippen LogP contribution < -0.4 is 0 Å². The number of hydrogen-bond acceptors (Lipinski definition) is 6. The first-order chi connectivity index (χ1) is 11.5. The molecule has 1 aromatic carbocycles. The number of carbonyl (C=O) groups excluding carboxylic acids is 3. The van der Waals surface area contributed by atoms with E-state index in [2.05, 4.69) is 4.74 Å². The van der Waals surface area contributed by atoms with Crippen LogP contribution in [0.5, 0.6) is 5.88 Å². The van der Waals surface area contributed by atoms with Crippen LogP contribution in [0.1, 0.15) is 38.0 Å². The standard InChI is InChI=1S/C17H13NO6/c1-9(19)18-13-4-3-10(17(22)23-2)7-12(13)14(16(18)21)15(20)11-5-6-24-8-11/h3-8,21H,1-2H3. The van der Waals surface area contributed by atoms with Crippen molar-refractivity contribution < 1.29 is 28.6 Å². The van der Waals surface area contributed by atoms with E-state index in [0.29, 0.717) is 5.52 Å². The van der Waals surface area contributed by atoms with E-state index < -0.39 is 23.5 Å². The zero-order chi connectivity index (χ0) is 17.4. The van der Waals surface area contributed by atoms with Crippen molar-refractivity contribution in [3.05, 3.63) is 53.5 Å². The normalized spacial score (nSPS) is 10.8. The molecule has 0 fully saturated rings. The van der Waals surface area contributed by atoms with Crippen molar-refractivity contribution in [3.63, 3.8) is 0 Å². The average molecular weight is 327 g/mol. The smallest absolute Gasteiger partial charge is 0.337 e. The molecule has 0 saturated carbocycles. The molecule has 0 unspecified atom stereocenters. The molecule has 7 nitrogen and oxygen atoms in total. The van der Waals surface area contributed by atoms with E-state index in [1.54, 1.807) is 0 Å². The Morgan fingerprint density at radius 3 is 2.50 bits per heavy atom. The van der Waals surface area contributed by atoms with E-state index in [0.717, 1.165) is 4.57 Å². The van der Waals surface area contributed by atoms with E-state index in [1.807, 2.05) is 0 Å². The van der Waals surface area contributed by atoms with E-state index in [1.165, 1.54) is 50.8 Å². The average Bonchev–Trinajstić information content (AvgIpc) is 3.18. The van der Waals surface area contributed by atoms with Gasteiger partial charge in [0.2, 0.25) is 17.6 Å². The first kappa shape index (κ1) is 15.5. The second-order valence-corrected chi connectivity index (χ2v) is 5.12. The van der Waals surface area contributed by atoms with Gasteiger partial charge in [0.15, 0.2) is 0 Å². The number of ketones is 1. The lowest BCUT2D eigenvalue weighted by Crippen LogP contribution is -2.05. The van der Waals surface area contributed by atoms with Gasteiger partial charge in [-0.25, -0.2) is 4.79 Å². The molecule has 0 atom stereocenters. The number of carbonyl (C=O) groups is 3. The third-order valence-electron chi connectivity index (χ3n) is 3.69. The lowest BCUT2D eigenvalue weighted by atomic mass is 10.0. The molecule has 0 spiro atoms. The highest BCUT2D eigenvalue weighted by Crippen LogP contribution is 2.34. The van der Waals surface area contributed by atoms with Gasteiger partial charge in [-0.1, -0.05) is 0 Å². The van der Waals surface area contributed by atoms with Crippen molar-refractivity contribution in [2.45, 2.75) is 6.92 Å². The number of hydrogen-bond donors (Lipinski definition) is 1. The van der Waals surface area contributed by atoms with Crippen molar-refractivity contribution in [2.75, 3.05) is 7.11 Å². The zero-order valence-electron chi connectivity index (χ0n) is 12.9. The molecule has 1 N–H and O–H groups in total. The second kappa shape index (κ2) is 5.69. The van der Waals surface area contributed by atoms with Crippen molar-refractivity contribution in [3.8, 4) is 5.88 Å². The molecular formula is C17H13NO6. The van der Waals surface area contributed by atoms with Crippen LogP contribution in [-0.4, -0.2) is 34.4 Å². The fourth-order valence-corrected chi connectivity index (χ4v) is 2.60. The maximum absolute atomic E-state index is 12.7. The molecule has 7 heteroatoms. The largest absolute Gasteiger partial charge is 0.494 e. The lowest BCUT2D eigenvalue weighted by Gasteiger charge is -2.02. The van der Waals surface area contributed by atoms with E-state index in [9.17, 15) is 19.5 Å². The number of methoxy groups -OCH3 is 1. The van der Waals surface area contributed by atoms with Crippen LogP contribution in [0, 0.1) is 0 Å². The van der Waals surface area contributed by atoms with Crippen LogP contribution in [0.25, 0.3) is 10.9 Å². The number of ether oxygens (including phenoxy) is 1. The summed E-state index contributed by atoms with van der Waals surface area (Å²) in [6.07, 6.45) is 2.57. The fraction of sp³-hybridized carbons (Fsp3) is 0.118. The van der Waals surface area contributed by atoms with E-state index in [4.69, 9.17) is 4.42 Å². The number of aromatic hydroxyl groups is 1. The minimum Gasteiger partial charge on any atom is -0.494 e. The highest BCUT2D eigenvalue weighted by atomic mass is 16.5. The summed E-state index contributed by atoms with van der Waals surface area (Å²) in [7, 11) is 1.24. The number of furan rings is 1. The topological polar surface area (TPSA) is 98.7 Å². The SMILES string of the molecule is COC(=O)c1ccc2c(c1)c(C(=O)c1ccoc1)c(O)n2C(C)=O. The maximum Gasteiger partial charge on any atom is 0.337 e. The third kappa shape index (κ3) is 2.26. The molecule has 3 rings (SSSR count). The van der Waals surface area contributed by atoms with Crippen molar-refractivity contribution in [2.24, 2.45) is 0 Å². The molecule has 0 bridgehead atoms. The van der Waals surface area contributed by atoms with Crippen LogP contribution in [0.2, 0.25) is 0 Å². The summed E-state index contributed by atoms with van der Waals surface area (Å²) >= 11 is 0. The summed E-state index contributed by atoms with van der Waals surface area (Å²) < 4.78 is 10.6. The molecule has 0 radical (unpaired) electrons. The lowest BCUT2D eigenvalue weighted by molar-refractivity contribution is 0.0600. The second-order valence-electron chi connectivity index (χ2n) is 5.12. The van der Waals surface area contributed by atoms with Gasteiger partial charge in [-0.05, 0) is 24.3 Å². The van der Waals surface area contributed by atoms with Gasteiger partial charge < -0.3 is 14.3 Å². The van der Waals surface area contributed by atoms with Gasteiger partial charge in [-0.15, -0.1) is 0 Å². The Kier molecular flexibility index (Phi) is 3.69. The highest BCUT2D eigenvalue weighted by molar-refractivity contribution is 6.20. The predicted octanol–water partition coefficient (Wildman–Crippen LogP) is 2.62. The summed E-state index contributed by atoms with van der Waals surface area (Å²) in [6.45, 7) is 1.26. The summed E-state index contributed by atoms with van der Waals surface area (Å²) in [4.78, 5) is 36.3. The first-order valence-electron chi connectivity index (χ1n) is 6.99. The van der Waals surface area contributed by atoms with Gasteiger partial charge in [0.1, 0.15) is 6.26 Å². The Morgan fingerprint density at radius 1 is 1.17 bits per heavy atom. The van der Waals surface area contributed by atoms with Gasteiger partial charge in [0, 0.05) is 12.3 Å². The number of nitrogens with zero attached hydrogens (tertiary/aromatic N) is 1. The van der Waals surface area contributed by atoms with Crippen LogP contribution >= 0.6 is 0 Å². The highest BCUT2D eigenvalue weighted by Gasteiger charge is 2.26. The molecule has 2 aromatic heterocycles. The van der Waals surface area contributed by atoms with E-state index >= 15 is 0 Å². The minimum absolute atomic E-state index is 0.0765. The Bertz CT molecular complexity index is 965. The zero-order valence-corrected chi connectivity index (χ0v) is 12.9. The molecule has 0 aliphatic rings. The Labute approximate surface area is 136 Å². The molecule has 0 saturated heterocycles. The number of fused-ring (bicyclic) bond motifs is 1. The molecule has 2 heterocycles. The molecule has 0 aliphatic carbocycles. The monoisotopic (exact) mass is 327 g/mol. The van der Waals surface area contributed by atoms with Crippen LogP contribution in [0.3, 0.4) is 0 Å². The molecular weight excluding hydrogens is 314 g/mol. The predicted molar refractivity (Wildman–Crippen MR) is 83.4 cm³/mol. The number of esters is 1. The minimum atomic E-state index is -0.589. The summed E-state index contributed by atoms with van der Waals surface area (Å²) in [5.41, 5.74) is 0.662. The van der Waals surface area contributed by atoms with Gasteiger partial charge in [0.25, 0.3) is 0 Å². The van der Waals surface area contributed by atoms with Gasteiger partial charge in [-0.2, -0.15) is 0 Å². The Balaban J connectivity index is 2.33. The summed E-state index contributed by atoms with van der Waals surface area (Å²) in [5.74, 6) is -2.05. The molecule has 3 aromatic rings. The first-order valence-corrected chi connectivity index (χ1v) is 6.99. The van der Waals surface area contributed by atoms with Crippen LogP contribution in [0.15, 0.2) is 41.2 Å². The van der Waals surface area contributed by atoms with Crippen molar-refractivity contribution >= 4 is 28.6 Å². The Morgan fingerprint density at radius 2 is 1.92 bits per heavy atom. The number of aromatic nitrogens is 1. The van der Waals surface area contributed by atoms with Gasteiger partial charge in [0.05, 0.1) is 35.6 Å².